The van der Waals surface area contributed by atoms with Gasteiger partial charge in [-0.1, -0.05) is 152 Å². The molecule has 0 saturated carbocycles. The molecule has 266 valence electrons. The Labute approximate surface area is 331 Å². The van der Waals surface area contributed by atoms with E-state index in [0.717, 1.165) is 50.1 Å². The van der Waals surface area contributed by atoms with E-state index in [0.29, 0.717) is 17.5 Å². The van der Waals surface area contributed by atoms with Crippen LogP contribution in [-0.2, 0) is 0 Å². The summed E-state index contributed by atoms with van der Waals surface area (Å²) in [5.41, 5.74) is 9.32. The number of thiophene rings is 1. The van der Waals surface area contributed by atoms with E-state index >= 15 is 0 Å². The molecule has 0 aliphatic heterocycles. The molecule has 0 amide bonds. The SMILES string of the molecule is c1ccc(-c2nc(-c3ccccc3)nc(-c3c(-n4c5ccccc5c5ccccc54)cc4sc5ccccc5c4c3-n3c4ccccc4c4ccccc43)n2)cc1. The first kappa shape index (κ1) is 31.9. The molecule has 0 aliphatic carbocycles. The van der Waals surface area contributed by atoms with E-state index in [-0.39, 0.29) is 0 Å². The molecule has 4 aromatic heterocycles. The monoisotopic (exact) mass is 745 g/mol. The molecular formula is C51H31N5S. The highest BCUT2D eigenvalue weighted by molar-refractivity contribution is 7.26. The lowest BCUT2D eigenvalue weighted by atomic mass is 10.0. The van der Waals surface area contributed by atoms with Gasteiger partial charge in [-0.05, 0) is 36.4 Å². The van der Waals surface area contributed by atoms with E-state index in [2.05, 4.69) is 161 Å². The largest absolute Gasteiger partial charge is 0.308 e. The fourth-order valence-electron chi connectivity index (χ4n) is 8.74. The van der Waals surface area contributed by atoms with Crippen molar-refractivity contribution in [2.45, 2.75) is 0 Å². The Bertz CT molecular complexity index is 3360. The van der Waals surface area contributed by atoms with Crippen molar-refractivity contribution in [3.63, 3.8) is 0 Å². The van der Waals surface area contributed by atoms with E-state index in [1.807, 2.05) is 47.7 Å². The first-order valence-electron chi connectivity index (χ1n) is 19.1. The van der Waals surface area contributed by atoms with Crippen molar-refractivity contribution in [2.24, 2.45) is 0 Å². The minimum atomic E-state index is 0.605. The Balaban J connectivity index is 1.35. The summed E-state index contributed by atoms with van der Waals surface area (Å²) in [6, 6.07) is 66.6. The summed E-state index contributed by atoms with van der Waals surface area (Å²) in [6.45, 7) is 0. The minimum absolute atomic E-state index is 0.605. The highest BCUT2D eigenvalue weighted by atomic mass is 32.1. The van der Waals surface area contributed by atoms with Gasteiger partial charge in [-0.15, -0.1) is 11.3 Å². The van der Waals surface area contributed by atoms with E-state index in [1.54, 1.807) is 0 Å². The molecule has 0 unspecified atom stereocenters. The smallest absolute Gasteiger partial charge is 0.168 e. The third-order valence-corrected chi connectivity index (χ3v) is 12.3. The van der Waals surface area contributed by atoms with Gasteiger partial charge in [0.2, 0.25) is 0 Å². The number of nitrogens with zero attached hydrogens (tertiary/aromatic N) is 5. The summed E-state index contributed by atoms with van der Waals surface area (Å²) >= 11 is 1.83. The summed E-state index contributed by atoms with van der Waals surface area (Å²) in [4.78, 5) is 16.1. The van der Waals surface area contributed by atoms with Crippen LogP contribution in [0.4, 0.5) is 0 Å². The molecule has 57 heavy (non-hydrogen) atoms. The van der Waals surface area contributed by atoms with Gasteiger partial charge in [0, 0.05) is 52.8 Å². The van der Waals surface area contributed by atoms with Crippen molar-refractivity contribution >= 4 is 75.1 Å². The van der Waals surface area contributed by atoms with Crippen LogP contribution in [0, 0.1) is 0 Å². The zero-order valence-corrected chi connectivity index (χ0v) is 31.4. The highest BCUT2D eigenvalue weighted by Gasteiger charge is 2.28. The fourth-order valence-corrected chi connectivity index (χ4v) is 9.88. The lowest BCUT2D eigenvalue weighted by Crippen LogP contribution is -2.08. The Kier molecular flexibility index (Phi) is 7.03. The first-order valence-corrected chi connectivity index (χ1v) is 19.9. The van der Waals surface area contributed by atoms with Crippen molar-refractivity contribution < 1.29 is 0 Å². The molecule has 0 spiro atoms. The van der Waals surface area contributed by atoms with E-state index in [9.17, 15) is 0 Å². The van der Waals surface area contributed by atoms with Crippen LogP contribution in [0.2, 0.25) is 0 Å². The molecule has 0 saturated heterocycles. The van der Waals surface area contributed by atoms with Crippen LogP contribution in [0.15, 0.2) is 188 Å². The summed E-state index contributed by atoms with van der Waals surface area (Å²) in [7, 11) is 0. The maximum Gasteiger partial charge on any atom is 0.168 e. The molecule has 0 fully saturated rings. The zero-order chi connectivity index (χ0) is 37.5. The molecule has 12 aromatic rings. The topological polar surface area (TPSA) is 48.5 Å². The predicted octanol–water partition coefficient (Wildman–Crippen LogP) is 13.4. The maximum atomic E-state index is 5.49. The van der Waals surface area contributed by atoms with Crippen LogP contribution >= 0.6 is 11.3 Å². The number of hydrogen-bond donors (Lipinski definition) is 0. The second-order valence-corrected chi connectivity index (χ2v) is 15.5. The molecule has 6 heteroatoms. The van der Waals surface area contributed by atoms with Crippen LogP contribution in [0.3, 0.4) is 0 Å². The van der Waals surface area contributed by atoms with Crippen LogP contribution in [-0.4, -0.2) is 24.1 Å². The Morgan fingerprint density at radius 3 is 1.26 bits per heavy atom. The molecule has 8 aromatic carbocycles. The molecular weight excluding hydrogens is 715 g/mol. The number of hydrogen-bond acceptors (Lipinski definition) is 4. The third kappa shape index (κ3) is 4.84. The lowest BCUT2D eigenvalue weighted by Gasteiger charge is -2.21. The van der Waals surface area contributed by atoms with E-state index < -0.39 is 0 Å². The van der Waals surface area contributed by atoms with Crippen molar-refractivity contribution in [3.05, 3.63) is 188 Å². The summed E-state index contributed by atoms with van der Waals surface area (Å²) in [5, 5.41) is 7.15. The summed E-state index contributed by atoms with van der Waals surface area (Å²) in [6.07, 6.45) is 0. The minimum Gasteiger partial charge on any atom is -0.308 e. The number of para-hydroxylation sites is 4. The van der Waals surface area contributed by atoms with Crippen molar-refractivity contribution in [1.82, 2.24) is 24.1 Å². The van der Waals surface area contributed by atoms with Gasteiger partial charge in [0.15, 0.2) is 17.5 Å². The Morgan fingerprint density at radius 1 is 0.351 bits per heavy atom. The number of fused-ring (bicyclic) bond motifs is 9. The molecule has 12 rings (SSSR count). The Hall–Kier alpha value is -7.41. The highest BCUT2D eigenvalue weighted by Crippen LogP contribution is 2.49. The first-order chi connectivity index (χ1) is 28.3. The quantitative estimate of drug-likeness (QED) is 0.176. The second-order valence-electron chi connectivity index (χ2n) is 14.4. The van der Waals surface area contributed by atoms with Gasteiger partial charge < -0.3 is 9.13 Å². The lowest BCUT2D eigenvalue weighted by molar-refractivity contribution is 1.06. The summed E-state index contributed by atoms with van der Waals surface area (Å²) in [5.74, 6) is 1.85. The number of aromatic nitrogens is 5. The van der Waals surface area contributed by atoms with Crippen molar-refractivity contribution in [1.29, 1.82) is 0 Å². The van der Waals surface area contributed by atoms with Gasteiger partial charge in [0.1, 0.15) is 0 Å². The standard InChI is InChI=1S/C51H31N5S/c1-3-17-32(18-4-1)49-52-50(33-19-5-2-6-20-33)54-51(53-49)47-43(55-39-26-12-7-21-34(39)35-22-8-13-27-40(35)55)31-45-46(38-25-11-16-30-44(38)57-45)48(47)56-41-28-14-9-23-36(41)37-24-10-15-29-42(37)56/h1-31H. The molecule has 5 nitrogen and oxygen atoms in total. The molecule has 0 aliphatic rings. The number of benzene rings is 8. The molecule has 0 atom stereocenters. The summed E-state index contributed by atoms with van der Waals surface area (Å²) < 4.78 is 7.31. The van der Waals surface area contributed by atoms with Gasteiger partial charge in [-0.2, -0.15) is 0 Å². The van der Waals surface area contributed by atoms with Gasteiger partial charge in [-0.25, -0.2) is 15.0 Å². The van der Waals surface area contributed by atoms with Crippen LogP contribution < -0.4 is 0 Å². The third-order valence-electron chi connectivity index (χ3n) is 11.2. The molecule has 0 N–H and O–H groups in total. The zero-order valence-electron chi connectivity index (χ0n) is 30.5. The van der Waals surface area contributed by atoms with Crippen molar-refractivity contribution in [3.8, 4) is 45.5 Å². The van der Waals surface area contributed by atoms with Gasteiger partial charge >= 0.3 is 0 Å². The van der Waals surface area contributed by atoms with Crippen LogP contribution in [0.1, 0.15) is 0 Å². The molecule has 0 radical (unpaired) electrons. The fraction of sp³-hybridized carbons (Fsp3) is 0. The van der Waals surface area contributed by atoms with Gasteiger partial charge in [0.25, 0.3) is 0 Å². The Morgan fingerprint density at radius 2 is 0.754 bits per heavy atom. The number of rotatable bonds is 5. The molecule has 4 heterocycles. The van der Waals surface area contributed by atoms with E-state index in [4.69, 9.17) is 15.0 Å². The van der Waals surface area contributed by atoms with Gasteiger partial charge in [-0.3, -0.25) is 0 Å². The normalized spacial score (nSPS) is 11.9. The second kappa shape index (κ2) is 12.6. The average Bonchev–Trinajstić information content (AvgIpc) is 3.94. The molecule has 0 bridgehead atoms. The predicted molar refractivity (Wildman–Crippen MR) is 238 cm³/mol. The maximum absolute atomic E-state index is 5.49. The van der Waals surface area contributed by atoms with Gasteiger partial charge in [0.05, 0.1) is 39.0 Å². The average molecular weight is 746 g/mol. The van der Waals surface area contributed by atoms with E-state index in [1.165, 1.54) is 41.7 Å². The van der Waals surface area contributed by atoms with Crippen LogP contribution in [0.25, 0.3) is 109 Å². The van der Waals surface area contributed by atoms with Crippen molar-refractivity contribution in [2.75, 3.05) is 0 Å². The van der Waals surface area contributed by atoms with Crippen LogP contribution in [0.5, 0.6) is 0 Å².